The van der Waals surface area contributed by atoms with Crippen LogP contribution in [0.25, 0.3) is 11.3 Å². The summed E-state index contributed by atoms with van der Waals surface area (Å²) in [6, 6.07) is 12.1. The zero-order valence-electron chi connectivity index (χ0n) is 11.4. The quantitative estimate of drug-likeness (QED) is 0.478. The molecule has 0 radical (unpaired) electrons. The molecule has 0 amide bonds. The van der Waals surface area contributed by atoms with Crippen LogP contribution in [0.5, 0.6) is 0 Å². The lowest BCUT2D eigenvalue weighted by molar-refractivity contribution is 0.102. The molecule has 0 aliphatic heterocycles. The Morgan fingerprint density at radius 2 is 2.00 bits per heavy atom. The Labute approximate surface area is 135 Å². The lowest BCUT2D eigenvalue weighted by Crippen LogP contribution is -1.98. The highest BCUT2D eigenvalue weighted by atomic mass is 32.2. The van der Waals surface area contributed by atoms with Crippen LogP contribution in [0.1, 0.15) is 15.2 Å². The van der Waals surface area contributed by atoms with E-state index in [9.17, 15) is 4.79 Å². The van der Waals surface area contributed by atoms with Gasteiger partial charge in [-0.15, -0.1) is 22.7 Å². The fourth-order valence-corrected chi connectivity index (χ4v) is 4.29. The first-order valence-electron chi connectivity index (χ1n) is 6.44. The van der Waals surface area contributed by atoms with Gasteiger partial charge in [-0.05, 0) is 18.4 Å². The van der Waals surface area contributed by atoms with E-state index in [4.69, 9.17) is 0 Å². The van der Waals surface area contributed by atoms with E-state index in [0.29, 0.717) is 5.75 Å². The van der Waals surface area contributed by atoms with Crippen LogP contribution in [-0.4, -0.2) is 16.5 Å². The molecule has 3 rings (SSSR count). The summed E-state index contributed by atoms with van der Waals surface area (Å²) < 4.78 is 0.940. The van der Waals surface area contributed by atoms with Crippen molar-refractivity contribution in [1.29, 1.82) is 0 Å². The minimum atomic E-state index is 0.169. The Bertz CT molecular complexity index is 729. The Balaban J connectivity index is 1.65. The van der Waals surface area contributed by atoms with Gasteiger partial charge in [0.1, 0.15) is 0 Å². The van der Waals surface area contributed by atoms with Crippen molar-refractivity contribution in [2.24, 2.45) is 0 Å². The maximum atomic E-state index is 12.0. The van der Waals surface area contributed by atoms with Crippen molar-refractivity contribution in [3.05, 3.63) is 57.6 Å². The van der Waals surface area contributed by atoms with E-state index in [1.54, 1.807) is 11.3 Å². The lowest BCUT2D eigenvalue weighted by atomic mass is 10.1. The van der Waals surface area contributed by atoms with E-state index in [2.05, 4.69) is 36.2 Å². The van der Waals surface area contributed by atoms with E-state index in [1.807, 2.05) is 22.9 Å². The average molecular weight is 331 g/mol. The molecule has 21 heavy (non-hydrogen) atoms. The van der Waals surface area contributed by atoms with Gasteiger partial charge in [-0.25, -0.2) is 4.98 Å². The first kappa shape index (κ1) is 14.5. The molecule has 3 aromatic rings. The monoisotopic (exact) mass is 331 g/mol. The van der Waals surface area contributed by atoms with Gasteiger partial charge >= 0.3 is 0 Å². The van der Waals surface area contributed by atoms with Gasteiger partial charge in [-0.1, -0.05) is 47.7 Å². The average Bonchev–Trinajstić information content (AvgIpc) is 3.17. The Morgan fingerprint density at radius 1 is 1.19 bits per heavy atom. The number of benzene rings is 1. The van der Waals surface area contributed by atoms with Gasteiger partial charge in [0.05, 0.1) is 16.3 Å². The van der Waals surface area contributed by atoms with E-state index in [0.717, 1.165) is 20.5 Å². The minimum absolute atomic E-state index is 0.169. The molecular weight excluding hydrogens is 318 g/mol. The van der Waals surface area contributed by atoms with Crippen molar-refractivity contribution in [2.75, 3.05) is 5.75 Å². The van der Waals surface area contributed by atoms with Crippen LogP contribution in [0.15, 0.2) is 51.5 Å². The summed E-state index contributed by atoms with van der Waals surface area (Å²) in [6.45, 7) is 2.07. The van der Waals surface area contributed by atoms with Crippen LogP contribution in [-0.2, 0) is 0 Å². The largest absolute Gasteiger partial charge is 0.292 e. The molecule has 2 aromatic heterocycles. The number of aryl methyl sites for hydroxylation is 1. The van der Waals surface area contributed by atoms with Crippen molar-refractivity contribution >= 4 is 40.2 Å². The van der Waals surface area contributed by atoms with Gasteiger partial charge in [0.2, 0.25) is 0 Å². The van der Waals surface area contributed by atoms with Gasteiger partial charge in [0, 0.05) is 10.9 Å². The zero-order chi connectivity index (χ0) is 14.7. The minimum Gasteiger partial charge on any atom is -0.292 e. The first-order chi connectivity index (χ1) is 10.2. The van der Waals surface area contributed by atoms with E-state index < -0.39 is 0 Å². The molecule has 0 saturated carbocycles. The highest BCUT2D eigenvalue weighted by molar-refractivity contribution is 8.01. The number of hydrogen-bond acceptors (Lipinski definition) is 5. The van der Waals surface area contributed by atoms with E-state index >= 15 is 0 Å². The molecule has 0 unspecified atom stereocenters. The number of rotatable bonds is 5. The molecule has 0 spiro atoms. The van der Waals surface area contributed by atoms with Crippen LogP contribution in [0.4, 0.5) is 0 Å². The molecule has 0 atom stereocenters. The third kappa shape index (κ3) is 3.61. The molecule has 5 heteroatoms. The summed E-state index contributed by atoms with van der Waals surface area (Å²) in [6.07, 6.45) is 0. The Hall–Kier alpha value is -1.43. The number of ketones is 1. The van der Waals surface area contributed by atoms with Crippen LogP contribution < -0.4 is 0 Å². The van der Waals surface area contributed by atoms with Crippen LogP contribution in [0.2, 0.25) is 0 Å². The van der Waals surface area contributed by atoms with Crippen molar-refractivity contribution < 1.29 is 4.79 Å². The molecule has 2 heterocycles. The summed E-state index contributed by atoms with van der Waals surface area (Å²) in [5, 5.41) is 3.97. The van der Waals surface area contributed by atoms with Crippen LogP contribution in [0, 0.1) is 6.92 Å². The standard InChI is InChI=1S/C16H13NOS3/c1-11-4-6-12(7-5-11)13-9-20-16(17-13)21-10-14(18)15-3-2-8-19-15/h2-9H,10H2,1H3. The molecule has 106 valence electrons. The van der Waals surface area contributed by atoms with Gasteiger partial charge in [0.15, 0.2) is 10.1 Å². The first-order valence-corrected chi connectivity index (χ1v) is 9.19. The summed E-state index contributed by atoms with van der Waals surface area (Å²) in [4.78, 5) is 17.4. The van der Waals surface area contributed by atoms with Gasteiger partial charge in [-0.3, -0.25) is 4.79 Å². The second-order valence-electron chi connectivity index (χ2n) is 4.55. The van der Waals surface area contributed by atoms with Crippen molar-refractivity contribution in [3.8, 4) is 11.3 Å². The number of Topliss-reactive ketones (excluding diaryl/α,β-unsaturated/α-hetero) is 1. The number of carbonyl (C=O) groups excluding carboxylic acids is 1. The topological polar surface area (TPSA) is 30.0 Å². The Kier molecular flexibility index (Phi) is 4.53. The van der Waals surface area contributed by atoms with Gasteiger partial charge in [-0.2, -0.15) is 0 Å². The fourth-order valence-electron chi connectivity index (χ4n) is 1.82. The summed E-state index contributed by atoms with van der Waals surface area (Å²) >= 11 is 4.59. The number of thiophene rings is 1. The molecular formula is C16H13NOS3. The van der Waals surface area contributed by atoms with Crippen LogP contribution >= 0.6 is 34.4 Å². The molecule has 0 fully saturated rings. The van der Waals surface area contributed by atoms with Gasteiger partial charge in [0.25, 0.3) is 0 Å². The third-order valence-corrected chi connectivity index (χ3v) is 5.89. The number of aromatic nitrogens is 1. The molecule has 2 nitrogen and oxygen atoms in total. The molecule has 1 aromatic carbocycles. The number of hydrogen-bond donors (Lipinski definition) is 0. The maximum absolute atomic E-state index is 12.0. The summed E-state index contributed by atoms with van der Waals surface area (Å²) in [5.74, 6) is 0.614. The molecule has 0 aliphatic carbocycles. The third-order valence-electron chi connectivity index (χ3n) is 2.95. The number of thiazole rings is 1. The predicted molar refractivity (Wildman–Crippen MR) is 91.7 cm³/mol. The number of carbonyl (C=O) groups is 1. The van der Waals surface area contributed by atoms with Gasteiger partial charge < -0.3 is 0 Å². The number of nitrogens with zero attached hydrogens (tertiary/aromatic N) is 1. The maximum Gasteiger partial charge on any atom is 0.183 e. The normalized spacial score (nSPS) is 10.7. The molecule has 0 N–H and O–H groups in total. The van der Waals surface area contributed by atoms with E-state index in [-0.39, 0.29) is 5.78 Å². The van der Waals surface area contributed by atoms with Crippen molar-refractivity contribution in [1.82, 2.24) is 4.98 Å². The second kappa shape index (κ2) is 6.56. The van der Waals surface area contributed by atoms with Crippen LogP contribution in [0.3, 0.4) is 0 Å². The lowest BCUT2D eigenvalue weighted by Gasteiger charge is -1.97. The zero-order valence-corrected chi connectivity index (χ0v) is 13.9. The summed E-state index contributed by atoms with van der Waals surface area (Å²) in [5.41, 5.74) is 3.34. The highest BCUT2D eigenvalue weighted by Crippen LogP contribution is 2.29. The predicted octanol–water partition coefficient (Wildman–Crippen LogP) is 5.16. The molecule has 0 aliphatic rings. The fraction of sp³-hybridized carbons (Fsp3) is 0.125. The molecule has 0 saturated heterocycles. The highest BCUT2D eigenvalue weighted by Gasteiger charge is 2.10. The summed E-state index contributed by atoms with van der Waals surface area (Å²) in [7, 11) is 0. The Morgan fingerprint density at radius 3 is 2.71 bits per heavy atom. The SMILES string of the molecule is Cc1ccc(-c2csc(SCC(=O)c3cccs3)n2)cc1. The second-order valence-corrected chi connectivity index (χ2v) is 7.58. The van der Waals surface area contributed by atoms with Crippen molar-refractivity contribution in [3.63, 3.8) is 0 Å². The smallest absolute Gasteiger partial charge is 0.183 e. The molecule has 0 bridgehead atoms. The van der Waals surface area contributed by atoms with Crippen molar-refractivity contribution in [2.45, 2.75) is 11.3 Å². The van der Waals surface area contributed by atoms with E-state index in [1.165, 1.54) is 28.7 Å². The number of thioether (sulfide) groups is 1.